The topological polar surface area (TPSA) is 42.1 Å². The molecule has 2 heterocycles. The Morgan fingerprint density at radius 2 is 2.05 bits per heavy atom. The Kier molecular flexibility index (Phi) is 3.48. The molecule has 1 saturated heterocycles. The highest BCUT2D eigenvalue weighted by Gasteiger charge is 2.36. The molecule has 0 spiro atoms. The second kappa shape index (κ2) is 5.12. The van der Waals surface area contributed by atoms with Crippen LogP contribution in [0.2, 0.25) is 0 Å². The van der Waals surface area contributed by atoms with Crippen LogP contribution in [0.4, 0.5) is 5.69 Å². The van der Waals surface area contributed by atoms with E-state index in [9.17, 15) is 0 Å². The third-order valence-electron chi connectivity index (χ3n) is 4.96. The number of nitrogens with zero attached hydrogens (tertiary/aromatic N) is 2. The van der Waals surface area contributed by atoms with E-state index in [1.165, 1.54) is 49.9 Å². The van der Waals surface area contributed by atoms with Gasteiger partial charge in [0.15, 0.2) is 0 Å². The molecule has 3 heteroatoms. The van der Waals surface area contributed by atoms with Crippen LogP contribution in [0.15, 0.2) is 6.07 Å². The SMILES string of the molecule is Cc1cc(N2CCC3CCCCC32)c(CN)c(C)n1. The fraction of sp³-hybridized carbons (Fsp3) is 0.688. The molecule has 2 unspecified atom stereocenters. The van der Waals surface area contributed by atoms with Crippen molar-refractivity contribution in [2.75, 3.05) is 11.4 Å². The summed E-state index contributed by atoms with van der Waals surface area (Å²) in [6, 6.07) is 2.99. The van der Waals surface area contributed by atoms with Gasteiger partial charge in [-0.25, -0.2) is 0 Å². The maximum absolute atomic E-state index is 5.97. The lowest BCUT2D eigenvalue weighted by atomic mass is 9.85. The fourth-order valence-corrected chi connectivity index (χ4v) is 4.05. The number of fused-ring (bicyclic) bond motifs is 1. The van der Waals surface area contributed by atoms with E-state index in [0.717, 1.165) is 23.3 Å². The molecule has 0 amide bonds. The van der Waals surface area contributed by atoms with Crippen molar-refractivity contribution >= 4 is 5.69 Å². The van der Waals surface area contributed by atoms with Crippen molar-refractivity contribution in [2.45, 2.75) is 58.5 Å². The first kappa shape index (κ1) is 12.9. The Morgan fingerprint density at radius 3 is 2.84 bits per heavy atom. The molecule has 1 saturated carbocycles. The van der Waals surface area contributed by atoms with Gasteiger partial charge in [-0.3, -0.25) is 4.98 Å². The minimum absolute atomic E-state index is 0.600. The van der Waals surface area contributed by atoms with Crippen LogP contribution in [0.1, 0.15) is 49.1 Å². The summed E-state index contributed by atoms with van der Waals surface area (Å²) < 4.78 is 0. The second-order valence-electron chi connectivity index (χ2n) is 6.14. The van der Waals surface area contributed by atoms with Gasteiger partial charge in [0.1, 0.15) is 0 Å². The minimum atomic E-state index is 0.600. The van der Waals surface area contributed by atoms with Crippen molar-refractivity contribution in [1.82, 2.24) is 4.98 Å². The van der Waals surface area contributed by atoms with Gasteiger partial charge in [0.25, 0.3) is 0 Å². The predicted octanol–water partition coefficient (Wildman–Crippen LogP) is 2.93. The summed E-state index contributed by atoms with van der Waals surface area (Å²) in [5, 5.41) is 0. The molecule has 3 nitrogen and oxygen atoms in total. The zero-order chi connectivity index (χ0) is 13.4. The first-order valence-electron chi connectivity index (χ1n) is 7.64. The molecule has 19 heavy (non-hydrogen) atoms. The molecule has 2 N–H and O–H groups in total. The number of rotatable bonds is 2. The van der Waals surface area contributed by atoms with E-state index in [2.05, 4.69) is 29.8 Å². The number of anilines is 1. The largest absolute Gasteiger partial charge is 0.368 e. The summed E-state index contributed by atoms with van der Waals surface area (Å²) in [6.45, 7) is 5.98. The zero-order valence-corrected chi connectivity index (χ0v) is 12.2. The van der Waals surface area contributed by atoms with Gasteiger partial charge in [0.05, 0.1) is 0 Å². The predicted molar refractivity (Wildman–Crippen MR) is 79.3 cm³/mol. The summed E-state index contributed by atoms with van der Waals surface area (Å²) in [5.74, 6) is 0.910. The van der Waals surface area contributed by atoms with Crippen molar-refractivity contribution in [2.24, 2.45) is 11.7 Å². The van der Waals surface area contributed by atoms with Crippen LogP contribution in [-0.2, 0) is 6.54 Å². The Hall–Kier alpha value is -1.09. The average Bonchev–Trinajstić information content (AvgIpc) is 2.81. The van der Waals surface area contributed by atoms with Crippen LogP contribution in [-0.4, -0.2) is 17.6 Å². The van der Waals surface area contributed by atoms with Crippen molar-refractivity contribution in [3.05, 3.63) is 23.0 Å². The Morgan fingerprint density at radius 1 is 1.26 bits per heavy atom. The molecule has 104 valence electrons. The highest BCUT2D eigenvalue weighted by molar-refractivity contribution is 5.57. The van der Waals surface area contributed by atoms with Crippen molar-refractivity contribution in [3.63, 3.8) is 0 Å². The molecule has 2 aliphatic rings. The standard InChI is InChI=1S/C16H25N3/c1-11-9-16(14(10-17)12(2)18-11)19-8-7-13-5-3-4-6-15(13)19/h9,13,15H,3-8,10,17H2,1-2H3. The van der Waals surface area contributed by atoms with E-state index in [1.54, 1.807) is 0 Å². The summed E-state index contributed by atoms with van der Waals surface area (Å²) in [6.07, 6.45) is 6.94. The van der Waals surface area contributed by atoms with Crippen molar-refractivity contribution < 1.29 is 0 Å². The van der Waals surface area contributed by atoms with Crippen LogP contribution < -0.4 is 10.6 Å². The Bertz CT molecular complexity index is 469. The van der Waals surface area contributed by atoms with Gasteiger partial charge in [-0.2, -0.15) is 0 Å². The van der Waals surface area contributed by atoms with Gasteiger partial charge in [-0.1, -0.05) is 12.8 Å². The molecule has 1 aliphatic heterocycles. The number of pyridine rings is 1. The van der Waals surface area contributed by atoms with Gasteiger partial charge >= 0.3 is 0 Å². The lowest BCUT2D eigenvalue weighted by Crippen LogP contribution is -2.35. The number of aromatic nitrogens is 1. The normalized spacial score (nSPS) is 26.6. The van der Waals surface area contributed by atoms with Crippen LogP contribution in [0, 0.1) is 19.8 Å². The average molecular weight is 259 g/mol. The first-order valence-corrected chi connectivity index (χ1v) is 7.64. The Labute approximate surface area is 116 Å². The molecule has 3 rings (SSSR count). The molecule has 0 bridgehead atoms. The molecule has 2 atom stereocenters. The third-order valence-corrected chi connectivity index (χ3v) is 4.96. The summed E-state index contributed by atoms with van der Waals surface area (Å²) >= 11 is 0. The fourth-order valence-electron chi connectivity index (χ4n) is 4.05. The van der Waals surface area contributed by atoms with Crippen LogP contribution >= 0.6 is 0 Å². The van der Waals surface area contributed by atoms with E-state index in [4.69, 9.17) is 5.73 Å². The summed E-state index contributed by atoms with van der Waals surface area (Å²) in [7, 11) is 0. The van der Waals surface area contributed by atoms with Gasteiger partial charge in [0.2, 0.25) is 0 Å². The van der Waals surface area contributed by atoms with Gasteiger partial charge in [-0.15, -0.1) is 0 Å². The molecule has 1 aromatic rings. The second-order valence-corrected chi connectivity index (χ2v) is 6.14. The van der Waals surface area contributed by atoms with Gasteiger partial charge in [0, 0.05) is 41.8 Å². The van der Waals surface area contributed by atoms with Crippen LogP contribution in [0.25, 0.3) is 0 Å². The zero-order valence-electron chi connectivity index (χ0n) is 12.2. The number of hydrogen-bond acceptors (Lipinski definition) is 3. The molecular formula is C16H25N3. The lowest BCUT2D eigenvalue weighted by Gasteiger charge is -2.34. The highest BCUT2D eigenvalue weighted by Crippen LogP contribution is 2.40. The number of aryl methyl sites for hydroxylation is 2. The smallest absolute Gasteiger partial charge is 0.0450 e. The lowest BCUT2D eigenvalue weighted by molar-refractivity contribution is 0.342. The molecule has 0 radical (unpaired) electrons. The number of nitrogens with two attached hydrogens (primary N) is 1. The molecule has 0 aromatic carbocycles. The van der Waals surface area contributed by atoms with Gasteiger partial charge in [-0.05, 0) is 45.1 Å². The Balaban J connectivity index is 1.97. The molecule has 1 aromatic heterocycles. The maximum atomic E-state index is 5.97. The number of hydrogen-bond donors (Lipinski definition) is 1. The van der Waals surface area contributed by atoms with E-state index in [-0.39, 0.29) is 0 Å². The molecular weight excluding hydrogens is 234 g/mol. The first-order chi connectivity index (χ1) is 9.20. The molecule has 1 aliphatic carbocycles. The molecule has 2 fully saturated rings. The summed E-state index contributed by atoms with van der Waals surface area (Å²) in [5.41, 5.74) is 10.8. The van der Waals surface area contributed by atoms with Crippen molar-refractivity contribution in [1.29, 1.82) is 0 Å². The van der Waals surface area contributed by atoms with Gasteiger partial charge < -0.3 is 10.6 Å². The van der Waals surface area contributed by atoms with E-state index in [0.29, 0.717) is 6.54 Å². The van der Waals surface area contributed by atoms with Crippen LogP contribution in [0.5, 0.6) is 0 Å². The van der Waals surface area contributed by atoms with Crippen LogP contribution in [0.3, 0.4) is 0 Å². The minimum Gasteiger partial charge on any atom is -0.368 e. The quantitative estimate of drug-likeness (QED) is 0.888. The van der Waals surface area contributed by atoms with E-state index < -0.39 is 0 Å². The van der Waals surface area contributed by atoms with E-state index in [1.807, 2.05) is 0 Å². The van der Waals surface area contributed by atoms with E-state index >= 15 is 0 Å². The highest BCUT2D eigenvalue weighted by atomic mass is 15.2. The summed E-state index contributed by atoms with van der Waals surface area (Å²) in [4.78, 5) is 7.21. The third kappa shape index (κ3) is 2.25. The maximum Gasteiger partial charge on any atom is 0.0450 e. The van der Waals surface area contributed by atoms with Crippen molar-refractivity contribution in [3.8, 4) is 0 Å². The monoisotopic (exact) mass is 259 g/mol.